The molecule has 1 amide bonds. The third-order valence-corrected chi connectivity index (χ3v) is 4.46. The number of benzene rings is 1. The standard InChI is InChI=1S/C12H15N3O3S/c1-3-14(11-7-5-4-6-8-11)19(17,18)15-12(16)9-10(2)13-15/h4-8H,3,9H2,1-2H3. The van der Waals surface area contributed by atoms with E-state index in [1.807, 2.05) is 0 Å². The van der Waals surface area contributed by atoms with Crippen LogP contribution in [0.25, 0.3) is 0 Å². The van der Waals surface area contributed by atoms with Gasteiger partial charge in [0.1, 0.15) is 0 Å². The minimum atomic E-state index is -3.96. The van der Waals surface area contributed by atoms with E-state index in [-0.39, 0.29) is 13.0 Å². The summed E-state index contributed by atoms with van der Waals surface area (Å²) in [5, 5.41) is 3.81. The number of nitrogens with zero attached hydrogens (tertiary/aromatic N) is 3. The zero-order valence-corrected chi connectivity index (χ0v) is 11.6. The van der Waals surface area contributed by atoms with Crippen LogP contribution in [0.2, 0.25) is 0 Å². The molecular formula is C12H15N3O3S. The maximum Gasteiger partial charge on any atom is 0.348 e. The zero-order chi connectivity index (χ0) is 14.0. The highest BCUT2D eigenvalue weighted by atomic mass is 32.2. The van der Waals surface area contributed by atoms with E-state index in [1.54, 1.807) is 44.2 Å². The summed E-state index contributed by atoms with van der Waals surface area (Å²) >= 11 is 0. The normalized spacial score (nSPS) is 15.6. The number of hydrazone groups is 1. The van der Waals surface area contributed by atoms with Gasteiger partial charge in [-0.05, 0) is 26.0 Å². The van der Waals surface area contributed by atoms with Crippen molar-refractivity contribution in [2.75, 3.05) is 10.8 Å². The first-order valence-corrected chi connectivity index (χ1v) is 7.31. The third kappa shape index (κ3) is 2.46. The van der Waals surface area contributed by atoms with Crippen LogP contribution in [0.3, 0.4) is 0 Å². The maximum atomic E-state index is 12.4. The fourth-order valence-electron chi connectivity index (χ4n) is 1.88. The molecule has 1 heterocycles. The molecule has 19 heavy (non-hydrogen) atoms. The van der Waals surface area contributed by atoms with Gasteiger partial charge in [-0.15, -0.1) is 4.41 Å². The van der Waals surface area contributed by atoms with Crippen molar-refractivity contribution in [2.24, 2.45) is 5.10 Å². The lowest BCUT2D eigenvalue weighted by Crippen LogP contribution is -2.42. The molecule has 0 aromatic heterocycles. The van der Waals surface area contributed by atoms with Crippen LogP contribution in [0, 0.1) is 0 Å². The second-order valence-corrected chi connectivity index (χ2v) is 5.84. The number of hydrogen-bond acceptors (Lipinski definition) is 4. The monoisotopic (exact) mass is 281 g/mol. The topological polar surface area (TPSA) is 70.1 Å². The van der Waals surface area contributed by atoms with Gasteiger partial charge in [0.25, 0.3) is 5.91 Å². The lowest BCUT2D eigenvalue weighted by Gasteiger charge is -2.25. The summed E-state index contributed by atoms with van der Waals surface area (Å²) in [7, 11) is -3.96. The predicted octanol–water partition coefficient (Wildman–Crippen LogP) is 1.37. The first kappa shape index (κ1) is 13.5. The summed E-state index contributed by atoms with van der Waals surface area (Å²) in [6.45, 7) is 3.57. The number of para-hydroxylation sites is 1. The van der Waals surface area contributed by atoms with Gasteiger partial charge in [0, 0.05) is 12.3 Å². The highest BCUT2D eigenvalue weighted by Crippen LogP contribution is 2.23. The second kappa shape index (κ2) is 5.00. The van der Waals surface area contributed by atoms with Crippen molar-refractivity contribution >= 4 is 27.5 Å². The van der Waals surface area contributed by atoms with Crippen molar-refractivity contribution in [2.45, 2.75) is 20.3 Å². The largest absolute Gasteiger partial charge is 0.348 e. The summed E-state index contributed by atoms with van der Waals surface area (Å²) in [6.07, 6.45) is 0.0472. The molecular weight excluding hydrogens is 266 g/mol. The Morgan fingerprint density at radius 2 is 1.95 bits per heavy atom. The molecule has 0 aliphatic carbocycles. The van der Waals surface area contributed by atoms with Crippen LogP contribution in [-0.4, -0.2) is 31.0 Å². The van der Waals surface area contributed by atoms with Gasteiger partial charge < -0.3 is 0 Å². The molecule has 1 aromatic rings. The SMILES string of the molecule is CCN(c1ccccc1)S(=O)(=O)N1N=C(C)CC1=O. The Kier molecular flexibility index (Phi) is 3.57. The van der Waals surface area contributed by atoms with E-state index in [2.05, 4.69) is 5.10 Å². The van der Waals surface area contributed by atoms with Crippen LogP contribution < -0.4 is 4.31 Å². The third-order valence-electron chi connectivity index (χ3n) is 2.71. The molecule has 1 aliphatic rings. The van der Waals surface area contributed by atoms with Gasteiger partial charge in [0.15, 0.2) is 0 Å². The Hall–Kier alpha value is -1.89. The fraction of sp³-hybridized carbons (Fsp3) is 0.333. The minimum absolute atomic E-state index is 0.0472. The molecule has 0 N–H and O–H groups in total. The first-order chi connectivity index (χ1) is 8.96. The van der Waals surface area contributed by atoms with Gasteiger partial charge in [0.2, 0.25) is 0 Å². The molecule has 102 valence electrons. The molecule has 0 atom stereocenters. The Morgan fingerprint density at radius 3 is 2.42 bits per heavy atom. The highest BCUT2D eigenvalue weighted by molar-refractivity contribution is 7.91. The number of carbonyl (C=O) groups is 1. The number of anilines is 1. The molecule has 0 saturated carbocycles. The molecule has 0 fully saturated rings. The summed E-state index contributed by atoms with van der Waals surface area (Å²) in [4.78, 5) is 11.7. The first-order valence-electron chi connectivity index (χ1n) is 5.91. The summed E-state index contributed by atoms with van der Waals surface area (Å²) in [5.41, 5.74) is 1.01. The van der Waals surface area contributed by atoms with Crippen LogP contribution in [-0.2, 0) is 15.0 Å². The smallest absolute Gasteiger partial charge is 0.271 e. The summed E-state index contributed by atoms with van der Waals surface area (Å²) < 4.78 is 26.6. The van der Waals surface area contributed by atoms with Crippen molar-refractivity contribution in [3.05, 3.63) is 30.3 Å². The summed E-state index contributed by atoms with van der Waals surface area (Å²) in [5.74, 6) is -0.521. The van der Waals surface area contributed by atoms with E-state index in [9.17, 15) is 13.2 Å². The maximum absolute atomic E-state index is 12.4. The molecule has 0 radical (unpaired) electrons. The molecule has 6 nitrogen and oxygen atoms in total. The van der Waals surface area contributed by atoms with E-state index in [0.29, 0.717) is 15.8 Å². The van der Waals surface area contributed by atoms with E-state index in [0.717, 1.165) is 4.31 Å². The average molecular weight is 281 g/mol. The lowest BCUT2D eigenvalue weighted by molar-refractivity contribution is -0.124. The number of rotatable bonds is 4. The molecule has 0 saturated heterocycles. The predicted molar refractivity (Wildman–Crippen MR) is 73.0 cm³/mol. The van der Waals surface area contributed by atoms with Crippen molar-refractivity contribution in [3.8, 4) is 0 Å². The number of amides is 1. The van der Waals surface area contributed by atoms with Crippen LogP contribution in [0.1, 0.15) is 20.3 Å². The Balaban J connectivity index is 2.41. The van der Waals surface area contributed by atoms with Crippen molar-refractivity contribution in [1.82, 2.24) is 4.41 Å². The van der Waals surface area contributed by atoms with Gasteiger partial charge in [0.05, 0.1) is 12.1 Å². The van der Waals surface area contributed by atoms with E-state index < -0.39 is 16.1 Å². The van der Waals surface area contributed by atoms with Crippen LogP contribution in [0.4, 0.5) is 5.69 Å². The van der Waals surface area contributed by atoms with Crippen molar-refractivity contribution in [3.63, 3.8) is 0 Å². The molecule has 0 bridgehead atoms. The Labute approximate surface area is 112 Å². The van der Waals surface area contributed by atoms with Gasteiger partial charge in [-0.1, -0.05) is 18.2 Å². The quantitative estimate of drug-likeness (QED) is 0.836. The molecule has 7 heteroatoms. The van der Waals surface area contributed by atoms with Crippen molar-refractivity contribution < 1.29 is 13.2 Å². The molecule has 0 unspecified atom stereocenters. The summed E-state index contributed by atoms with van der Waals surface area (Å²) in [6, 6.07) is 8.64. The van der Waals surface area contributed by atoms with E-state index >= 15 is 0 Å². The van der Waals surface area contributed by atoms with Crippen molar-refractivity contribution in [1.29, 1.82) is 0 Å². The van der Waals surface area contributed by atoms with Gasteiger partial charge in [-0.25, -0.2) is 0 Å². The van der Waals surface area contributed by atoms with Gasteiger partial charge in [-0.3, -0.25) is 9.10 Å². The number of carbonyl (C=O) groups excluding carboxylic acids is 1. The number of hydrogen-bond donors (Lipinski definition) is 0. The van der Waals surface area contributed by atoms with Gasteiger partial charge >= 0.3 is 10.2 Å². The molecule has 2 rings (SSSR count). The van der Waals surface area contributed by atoms with Crippen LogP contribution in [0.15, 0.2) is 35.4 Å². The zero-order valence-electron chi connectivity index (χ0n) is 10.8. The molecule has 0 spiro atoms. The van der Waals surface area contributed by atoms with Crippen LogP contribution in [0.5, 0.6) is 0 Å². The molecule has 1 aliphatic heterocycles. The van der Waals surface area contributed by atoms with E-state index in [1.165, 1.54) is 0 Å². The highest BCUT2D eigenvalue weighted by Gasteiger charge is 2.36. The van der Waals surface area contributed by atoms with E-state index in [4.69, 9.17) is 0 Å². The Bertz CT molecular complexity index is 610. The fourth-order valence-corrected chi connectivity index (χ4v) is 3.35. The molecule has 1 aromatic carbocycles. The lowest BCUT2D eigenvalue weighted by atomic mass is 10.3. The van der Waals surface area contributed by atoms with Gasteiger partial charge in [-0.2, -0.15) is 13.5 Å². The minimum Gasteiger partial charge on any atom is -0.271 e. The Morgan fingerprint density at radius 1 is 1.32 bits per heavy atom. The second-order valence-electron chi connectivity index (χ2n) is 4.16. The van der Waals surface area contributed by atoms with Crippen LogP contribution >= 0.6 is 0 Å². The average Bonchev–Trinajstić information content (AvgIpc) is 2.71.